The highest BCUT2D eigenvalue weighted by Crippen LogP contribution is 2.42. The molecule has 3 saturated heterocycles. The van der Waals surface area contributed by atoms with Gasteiger partial charge in [0.2, 0.25) is 5.91 Å². The molecule has 1 aromatic carbocycles. The predicted molar refractivity (Wildman–Crippen MR) is 133 cm³/mol. The molecular weight excluding hydrogens is 457 g/mol. The topological polar surface area (TPSA) is 36.0 Å². The van der Waals surface area contributed by atoms with Crippen molar-refractivity contribution in [1.29, 1.82) is 0 Å². The summed E-state index contributed by atoms with van der Waals surface area (Å²) in [7, 11) is 0. The minimum atomic E-state index is -0.0519. The maximum absolute atomic E-state index is 13.0. The van der Waals surface area contributed by atoms with Gasteiger partial charge >= 0.3 is 0 Å². The molecule has 1 aliphatic carbocycles. The van der Waals surface area contributed by atoms with Crippen molar-refractivity contribution in [1.82, 2.24) is 14.7 Å². The van der Waals surface area contributed by atoms with Crippen LogP contribution in [0.2, 0.25) is 10.0 Å². The van der Waals surface area contributed by atoms with Crippen LogP contribution in [-0.4, -0.2) is 85.2 Å². The van der Waals surface area contributed by atoms with Crippen LogP contribution in [-0.2, 0) is 14.9 Å². The predicted octanol–water partition coefficient (Wildman–Crippen LogP) is 4.59. The molecule has 5 nitrogen and oxygen atoms in total. The van der Waals surface area contributed by atoms with Crippen molar-refractivity contribution < 1.29 is 9.53 Å². The summed E-state index contributed by atoms with van der Waals surface area (Å²) in [4.78, 5) is 20.4. The Morgan fingerprint density at radius 1 is 1.00 bits per heavy atom. The fourth-order valence-electron chi connectivity index (χ4n) is 6.39. The lowest BCUT2D eigenvalue weighted by Crippen LogP contribution is -2.62. The largest absolute Gasteiger partial charge is 0.379 e. The van der Waals surface area contributed by atoms with Gasteiger partial charge in [-0.15, -0.1) is 0 Å². The lowest BCUT2D eigenvalue weighted by atomic mass is 9.70. The first kappa shape index (κ1) is 23.9. The number of nitrogens with zero attached hydrogens (tertiary/aromatic N) is 3. The van der Waals surface area contributed by atoms with Crippen molar-refractivity contribution in [2.75, 3.05) is 52.5 Å². The Bertz CT molecular complexity index is 835. The molecule has 0 radical (unpaired) electrons. The number of carbonyl (C=O) groups excluding carboxylic acids is 1. The van der Waals surface area contributed by atoms with Crippen LogP contribution in [0.4, 0.5) is 0 Å². The zero-order valence-corrected chi connectivity index (χ0v) is 21.1. The van der Waals surface area contributed by atoms with E-state index in [0.717, 1.165) is 78.2 Å². The van der Waals surface area contributed by atoms with Gasteiger partial charge in [0, 0.05) is 56.6 Å². The number of hydrogen-bond donors (Lipinski definition) is 0. The number of carbonyl (C=O) groups is 1. The fraction of sp³-hybridized carbons (Fsp3) is 0.731. The SMILES string of the molecule is O=C1CCC(CCN2CC(N3CCOCC3)C2)(c2ccc(Cl)c(Cl)c2)CN1C1CCCCC1. The number of ether oxygens (including phenoxy) is 1. The van der Waals surface area contributed by atoms with Crippen LogP contribution in [0.15, 0.2) is 18.2 Å². The number of halogens is 2. The molecule has 1 amide bonds. The lowest BCUT2D eigenvalue weighted by molar-refractivity contribution is -0.139. The Morgan fingerprint density at radius 3 is 2.48 bits per heavy atom. The van der Waals surface area contributed by atoms with Crippen LogP contribution in [0.3, 0.4) is 0 Å². The van der Waals surface area contributed by atoms with Crippen molar-refractivity contribution in [3.05, 3.63) is 33.8 Å². The first-order valence-electron chi connectivity index (χ1n) is 12.8. The highest BCUT2D eigenvalue weighted by molar-refractivity contribution is 6.42. The van der Waals surface area contributed by atoms with Crippen LogP contribution in [0.25, 0.3) is 0 Å². The number of piperidine rings is 1. The average Bonchev–Trinajstić information content (AvgIpc) is 2.82. The monoisotopic (exact) mass is 493 g/mol. The third-order valence-corrected chi connectivity index (χ3v) is 9.30. The average molecular weight is 495 g/mol. The summed E-state index contributed by atoms with van der Waals surface area (Å²) < 4.78 is 5.51. The number of morpholine rings is 1. The quantitative estimate of drug-likeness (QED) is 0.580. The first-order chi connectivity index (χ1) is 16.0. The van der Waals surface area contributed by atoms with E-state index in [1.807, 2.05) is 6.07 Å². The molecule has 0 N–H and O–H groups in total. The van der Waals surface area contributed by atoms with E-state index in [4.69, 9.17) is 27.9 Å². The van der Waals surface area contributed by atoms with E-state index in [9.17, 15) is 4.79 Å². The molecule has 3 heterocycles. The van der Waals surface area contributed by atoms with E-state index in [1.54, 1.807) is 0 Å². The molecule has 0 bridgehead atoms. The van der Waals surface area contributed by atoms with Gasteiger partial charge < -0.3 is 14.5 Å². The molecule has 1 saturated carbocycles. The third kappa shape index (κ3) is 5.23. The summed E-state index contributed by atoms with van der Waals surface area (Å²) in [6.07, 6.45) is 8.66. The molecule has 0 spiro atoms. The van der Waals surface area contributed by atoms with E-state index in [1.165, 1.54) is 24.8 Å². The number of likely N-dealkylation sites (tertiary alicyclic amines) is 2. The van der Waals surface area contributed by atoms with E-state index in [2.05, 4.69) is 26.8 Å². The van der Waals surface area contributed by atoms with Crippen LogP contribution in [0.5, 0.6) is 0 Å². The molecule has 3 aliphatic heterocycles. The van der Waals surface area contributed by atoms with Crippen LogP contribution in [0.1, 0.15) is 56.9 Å². The fourth-order valence-corrected chi connectivity index (χ4v) is 6.69. The summed E-state index contributed by atoms with van der Waals surface area (Å²) >= 11 is 12.7. The maximum atomic E-state index is 13.0. The lowest BCUT2D eigenvalue weighted by Gasteiger charge is -2.50. The zero-order chi connectivity index (χ0) is 22.8. The van der Waals surface area contributed by atoms with Crippen molar-refractivity contribution in [3.8, 4) is 0 Å². The van der Waals surface area contributed by atoms with Crippen LogP contribution < -0.4 is 0 Å². The smallest absolute Gasteiger partial charge is 0.222 e. The number of rotatable bonds is 6. The molecule has 33 heavy (non-hydrogen) atoms. The van der Waals surface area contributed by atoms with E-state index in [0.29, 0.717) is 34.5 Å². The molecule has 7 heteroatoms. The number of amides is 1. The Labute approximate surface area is 208 Å². The van der Waals surface area contributed by atoms with Gasteiger partial charge in [0.15, 0.2) is 0 Å². The minimum Gasteiger partial charge on any atom is -0.379 e. The van der Waals surface area contributed by atoms with Gasteiger partial charge in [0.05, 0.1) is 23.3 Å². The molecular formula is C26H37Cl2N3O2. The van der Waals surface area contributed by atoms with Crippen molar-refractivity contribution in [2.45, 2.75) is 68.9 Å². The molecule has 1 atom stereocenters. The van der Waals surface area contributed by atoms with Gasteiger partial charge in [-0.1, -0.05) is 48.5 Å². The molecule has 5 rings (SSSR count). The summed E-state index contributed by atoms with van der Waals surface area (Å²) in [5.41, 5.74) is 1.19. The molecule has 182 valence electrons. The Morgan fingerprint density at radius 2 is 1.76 bits per heavy atom. The third-order valence-electron chi connectivity index (χ3n) is 8.56. The molecule has 4 fully saturated rings. The van der Waals surface area contributed by atoms with Gasteiger partial charge in [-0.05, 0) is 49.9 Å². The van der Waals surface area contributed by atoms with Crippen molar-refractivity contribution in [3.63, 3.8) is 0 Å². The maximum Gasteiger partial charge on any atom is 0.222 e. The highest BCUT2D eigenvalue weighted by atomic mass is 35.5. The van der Waals surface area contributed by atoms with Gasteiger partial charge in [-0.3, -0.25) is 9.69 Å². The van der Waals surface area contributed by atoms with Gasteiger partial charge in [0.25, 0.3) is 0 Å². The Hall–Kier alpha value is -0.850. The van der Waals surface area contributed by atoms with Gasteiger partial charge in [-0.25, -0.2) is 0 Å². The minimum absolute atomic E-state index is 0.0519. The number of benzene rings is 1. The standard InChI is InChI=1S/C26H37Cl2N3O2/c27-23-7-6-20(16-24(23)28)26(9-8-25(32)31(19-26)21-4-2-1-3-5-21)10-11-29-17-22(18-29)30-12-14-33-15-13-30/h6-7,16,21-22H,1-5,8-15,17-19H2. The van der Waals surface area contributed by atoms with Crippen LogP contribution >= 0.6 is 23.2 Å². The normalized spacial score (nSPS) is 28.8. The molecule has 1 aromatic rings. The van der Waals surface area contributed by atoms with Gasteiger partial charge in [0.1, 0.15) is 0 Å². The molecule has 4 aliphatic rings. The second-order valence-electron chi connectivity index (χ2n) is 10.5. The number of hydrogen-bond acceptors (Lipinski definition) is 4. The summed E-state index contributed by atoms with van der Waals surface area (Å²) in [6, 6.07) is 7.21. The second kappa shape index (κ2) is 10.4. The van der Waals surface area contributed by atoms with Gasteiger partial charge in [-0.2, -0.15) is 0 Å². The zero-order valence-electron chi connectivity index (χ0n) is 19.6. The first-order valence-corrected chi connectivity index (χ1v) is 13.6. The van der Waals surface area contributed by atoms with E-state index in [-0.39, 0.29) is 5.41 Å². The van der Waals surface area contributed by atoms with Crippen molar-refractivity contribution in [2.24, 2.45) is 0 Å². The van der Waals surface area contributed by atoms with E-state index < -0.39 is 0 Å². The molecule has 0 aromatic heterocycles. The summed E-state index contributed by atoms with van der Waals surface area (Å²) in [5, 5.41) is 1.22. The van der Waals surface area contributed by atoms with Crippen molar-refractivity contribution >= 4 is 29.1 Å². The highest BCUT2D eigenvalue weighted by Gasteiger charge is 2.43. The Kier molecular flexibility index (Phi) is 7.53. The Balaban J connectivity index is 1.30. The molecule has 1 unspecified atom stereocenters. The van der Waals surface area contributed by atoms with Crippen LogP contribution in [0, 0.1) is 0 Å². The second-order valence-corrected chi connectivity index (χ2v) is 11.3. The van der Waals surface area contributed by atoms with E-state index >= 15 is 0 Å². The summed E-state index contributed by atoms with van der Waals surface area (Å²) in [6.45, 7) is 8.01. The summed E-state index contributed by atoms with van der Waals surface area (Å²) in [5.74, 6) is 0.342.